The predicted molar refractivity (Wildman–Crippen MR) is 82.9 cm³/mol. The van der Waals surface area contributed by atoms with Crippen LogP contribution in [0.15, 0.2) is 29.2 Å². The van der Waals surface area contributed by atoms with Crippen molar-refractivity contribution in [2.24, 2.45) is 5.73 Å². The Morgan fingerprint density at radius 1 is 1.10 bits per heavy atom. The van der Waals surface area contributed by atoms with Crippen LogP contribution in [0, 0.1) is 0 Å². The highest BCUT2D eigenvalue weighted by Gasteiger charge is 2.30. The minimum atomic E-state index is -3.40. The van der Waals surface area contributed by atoms with Crippen LogP contribution in [0.3, 0.4) is 0 Å². The largest absolute Gasteiger partial charge is 0.369 e. The standard InChI is InChI=1S/C14H22N4O2S/c15-12-5-8-18(11-12)21(19,20)14-3-1-13(2-4-14)17-9-6-16-7-10-17/h1-4,12,16H,5-11,15H2. The van der Waals surface area contributed by atoms with E-state index in [1.165, 1.54) is 4.31 Å². The molecular weight excluding hydrogens is 288 g/mol. The summed E-state index contributed by atoms with van der Waals surface area (Å²) < 4.78 is 26.5. The van der Waals surface area contributed by atoms with Crippen LogP contribution in [0.5, 0.6) is 0 Å². The molecule has 0 radical (unpaired) electrons. The molecule has 6 nitrogen and oxygen atoms in total. The molecule has 1 atom stereocenters. The van der Waals surface area contributed by atoms with Gasteiger partial charge in [-0.05, 0) is 30.7 Å². The number of nitrogens with one attached hydrogen (secondary N) is 1. The fourth-order valence-corrected chi connectivity index (χ4v) is 4.38. The molecule has 2 saturated heterocycles. The third kappa shape index (κ3) is 3.06. The molecule has 3 N–H and O–H groups in total. The van der Waals surface area contributed by atoms with Gasteiger partial charge >= 0.3 is 0 Å². The van der Waals surface area contributed by atoms with Crippen LogP contribution in [-0.2, 0) is 10.0 Å². The highest BCUT2D eigenvalue weighted by atomic mass is 32.2. The van der Waals surface area contributed by atoms with Crippen molar-refractivity contribution >= 4 is 15.7 Å². The molecule has 3 rings (SSSR count). The molecule has 2 aliphatic heterocycles. The molecule has 0 bridgehead atoms. The summed E-state index contributed by atoms with van der Waals surface area (Å²) in [4.78, 5) is 2.62. The van der Waals surface area contributed by atoms with Gasteiger partial charge in [0.25, 0.3) is 0 Å². The number of nitrogens with zero attached hydrogens (tertiary/aromatic N) is 2. The normalized spacial score (nSPS) is 24.4. The fraction of sp³-hybridized carbons (Fsp3) is 0.571. The number of piperazine rings is 1. The Bertz CT molecular complexity index is 581. The van der Waals surface area contributed by atoms with Crippen molar-refractivity contribution < 1.29 is 8.42 Å². The van der Waals surface area contributed by atoms with Crippen LogP contribution < -0.4 is 16.0 Å². The summed E-state index contributed by atoms with van der Waals surface area (Å²) in [6.07, 6.45) is 0.734. The number of hydrogen-bond donors (Lipinski definition) is 2. The maximum absolute atomic E-state index is 12.5. The lowest BCUT2D eigenvalue weighted by molar-refractivity contribution is 0.472. The van der Waals surface area contributed by atoms with Gasteiger partial charge < -0.3 is 16.0 Å². The summed E-state index contributed by atoms with van der Waals surface area (Å²) >= 11 is 0. The van der Waals surface area contributed by atoms with Gasteiger partial charge in [0.2, 0.25) is 10.0 Å². The van der Waals surface area contributed by atoms with Crippen molar-refractivity contribution in [3.05, 3.63) is 24.3 Å². The van der Waals surface area contributed by atoms with Crippen LogP contribution in [0.4, 0.5) is 5.69 Å². The average Bonchev–Trinajstić information content (AvgIpc) is 2.96. The van der Waals surface area contributed by atoms with Crippen molar-refractivity contribution in [3.8, 4) is 0 Å². The van der Waals surface area contributed by atoms with E-state index in [0.717, 1.165) is 38.3 Å². The van der Waals surface area contributed by atoms with E-state index in [0.29, 0.717) is 18.0 Å². The van der Waals surface area contributed by atoms with Gasteiger partial charge in [-0.25, -0.2) is 8.42 Å². The van der Waals surface area contributed by atoms with Crippen molar-refractivity contribution in [2.75, 3.05) is 44.2 Å². The zero-order valence-electron chi connectivity index (χ0n) is 12.0. The van der Waals surface area contributed by atoms with Gasteiger partial charge in [-0.2, -0.15) is 4.31 Å². The molecule has 1 aromatic carbocycles. The van der Waals surface area contributed by atoms with Crippen LogP contribution in [-0.4, -0.2) is 58.0 Å². The van der Waals surface area contributed by atoms with Crippen molar-refractivity contribution in [1.82, 2.24) is 9.62 Å². The highest BCUT2D eigenvalue weighted by molar-refractivity contribution is 7.89. The van der Waals surface area contributed by atoms with Crippen molar-refractivity contribution in [1.29, 1.82) is 0 Å². The summed E-state index contributed by atoms with van der Waals surface area (Å²) in [5.74, 6) is 0. The van der Waals surface area contributed by atoms with Crippen molar-refractivity contribution in [2.45, 2.75) is 17.4 Å². The molecule has 0 aliphatic carbocycles. The van der Waals surface area contributed by atoms with Crippen LogP contribution in [0.2, 0.25) is 0 Å². The SMILES string of the molecule is NC1CCN(S(=O)(=O)c2ccc(N3CCNCC3)cc2)C1. The lowest BCUT2D eigenvalue weighted by Crippen LogP contribution is -2.43. The zero-order valence-corrected chi connectivity index (χ0v) is 12.8. The van der Waals surface area contributed by atoms with E-state index in [9.17, 15) is 8.42 Å². The van der Waals surface area contributed by atoms with E-state index in [-0.39, 0.29) is 6.04 Å². The maximum atomic E-state index is 12.5. The number of hydrogen-bond acceptors (Lipinski definition) is 5. The maximum Gasteiger partial charge on any atom is 0.243 e. The number of rotatable bonds is 3. The number of anilines is 1. The lowest BCUT2D eigenvalue weighted by atomic mass is 10.2. The van der Waals surface area contributed by atoms with Gasteiger partial charge in [0.05, 0.1) is 4.90 Å². The monoisotopic (exact) mass is 310 g/mol. The van der Waals surface area contributed by atoms with Crippen LogP contribution in [0.25, 0.3) is 0 Å². The molecule has 7 heteroatoms. The smallest absolute Gasteiger partial charge is 0.243 e. The summed E-state index contributed by atoms with van der Waals surface area (Å²) in [7, 11) is -3.40. The van der Waals surface area contributed by atoms with Gasteiger partial charge in [0, 0.05) is 51.0 Å². The molecule has 1 unspecified atom stereocenters. The second-order valence-corrected chi connectivity index (χ2v) is 7.58. The lowest BCUT2D eigenvalue weighted by Gasteiger charge is -2.29. The third-order valence-corrected chi connectivity index (χ3v) is 6.02. The Balaban J connectivity index is 1.77. The Labute approximate surface area is 126 Å². The fourth-order valence-electron chi connectivity index (χ4n) is 2.87. The van der Waals surface area contributed by atoms with Gasteiger partial charge in [-0.15, -0.1) is 0 Å². The molecule has 0 amide bonds. The molecule has 21 heavy (non-hydrogen) atoms. The van der Waals surface area contributed by atoms with Gasteiger partial charge in [0.1, 0.15) is 0 Å². The molecule has 0 saturated carbocycles. The summed E-state index contributed by atoms with van der Waals surface area (Å²) in [5, 5.41) is 3.31. The van der Waals surface area contributed by atoms with Crippen LogP contribution in [0.1, 0.15) is 6.42 Å². The van der Waals surface area contributed by atoms with Gasteiger partial charge in [-0.3, -0.25) is 0 Å². The summed E-state index contributed by atoms with van der Waals surface area (Å²) in [5.41, 5.74) is 6.88. The number of sulfonamides is 1. The first-order valence-electron chi connectivity index (χ1n) is 7.39. The Hall–Kier alpha value is -1.15. The minimum absolute atomic E-state index is 0.0418. The van der Waals surface area contributed by atoms with E-state index >= 15 is 0 Å². The van der Waals surface area contributed by atoms with E-state index in [2.05, 4.69) is 10.2 Å². The third-order valence-electron chi connectivity index (χ3n) is 4.14. The molecule has 116 valence electrons. The second-order valence-electron chi connectivity index (χ2n) is 5.64. The topological polar surface area (TPSA) is 78.7 Å². The van der Waals surface area contributed by atoms with Gasteiger partial charge in [-0.1, -0.05) is 0 Å². The molecule has 2 fully saturated rings. The Kier molecular flexibility index (Phi) is 4.17. The molecule has 2 heterocycles. The first-order valence-corrected chi connectivity index (χ1v) is 8.83. The van der Waals surface area contributed by atoms with E-state index in [1.807, 2.05) is 12.1 Å². The van der Waals surface area contributed by atoms with Crippen LogP contribution >= 0.6 is 0 Å². The van der Waals surface area contributed by atoms with E-state index in [1.54, 1.807) is 12.1 Å². The first-order chi connectivity index (χ1) is 10.1. The predicted octanol–water partition coefficient (Wildman–Crippen LogP) is -0.182. The van der Waals surface area contributed by atoms with E-state index < -0.39 is 10.0 Å². The zero-order chi connectivity index (χ0) is 14.9. The summed E-state index contributed by atoms with van der Waals surface area (Å²) in [6, 6.07) is 7.16. The van der Waals surface area contributed by atoms with Gasteiger partial charge in [0.15, 0.2) is 0 Å². The Morgan fingerprint density at radius 3 is 2.33 bits per heavy atom. The van der Waals surface area contributed by atoms with E-state index in [4.69, 9.17) is 5.73 Å². The first kappa shape index (κ1) is 14.8. The molecule has 2 aliphatic rings. The average molecular weight is 310 g/mol. The molecule has 0 spiro atoms. The Morgan fingerprint density at radius 2 is 1.76 bits per heavy atom. The molecule has 0 aromatic heterocycles. The number of nitrogens with two attached hydrogens (primary N) is 1. The minimum Gasteiger partial charge on any atom is -0.369 e. The highest BCUT2D eigenvalue weighted by Crippen LogP contribution is 2.23. The quantitative estimate of drug-likeness (QED) is 0.809. The summed E-state index contributed by atoms with van der Waals surface area (Å²) in [6.45, 7) is 4.77. The second kappa shape index (κ2) is 5.92. The number of benzene rings is 1. The molecular formula is C14H22N4O2S. The van der Waals surface area contributed by atoms with Crippen molar-refractivity contribution in [3.63, 3.8) is 0 Å². The molecule has 1 aromatic rings.